The van der Waals surface area contributed by atoms with Crippen molar-refractivity contribution in [2.75, 3.05) is 25.8 Å². The number of carbonyl (C=O) groups excluding carboxylic acids is 2. The lowest BCUT2D eigenvalue weighted by atomic mass is 9.96. The van der Waals surface area contributed by atoms with E-state index in [-0.39, 0.29) is 39.2 Å². The summed E-state index contributed by atoms with van der Waals surface area (Å²) in [6, 6.07) is 1.17. The van der Waals surface area contributed by atoms with Crippen LogP contribution in [0.2, 0.25) is 0 Å². The molecule has 0 aliphatic carbocycles. The second-order valence-electron chi connectivity index (χ2n) is 9.04. The number of aromatic amines is 1. The quantitative estimate of drug-likeness (QED) is 0.0914. The summed E-state index contributed by atoms with van der Waals surface area (Å²) < 4.78 is 41.1. The fourth-order valence-electron chi connectivity index (χ4n) is 2.99. The van der Waals surface area contributed by atoms with Gasteiger partial charge in [-0.25, -0.2) is 4.57 Å². The molecule has 1 aromatic rings. The third-order valence-electron chi connectivity index (χ3n) is 5.18. The normalized spacial score (nSPS) is 25.1. The van der Waals surface area contributed by atoms with Crippen molar-refractivity contribution in [3.8, 4) is 0 Å². The van der Waals surface area contributed by atoms with Crippen LogP contribution in [0.15, 0.2) is 17.1 Å². The number of rotatable bonds is 14. The maximum Gasteiger partial charge on any atom is 0.477 e. The van der Waals surface area contributed by atoms with Crippen LogP contribution in [0.25, 0.3) is 0 Å². The van der Waals surface area contributed by atoms with Crippen molar-refractivity contribution in [2.24, 2.45) is 11.8 Å². The van der Waals surface area contributed by atoms with E-state index in [2.05, 4.69) is 4.98 Å². The zero-order valence-corrected chi connectivity index (χ0v) is 24.9. The van der Waals surface area contributed by atoms with Crippen LogP contribution in [0.4, 0.5) is 0 Å². The molecular formula is C21H33N2O11PS3. The molecular weight excluding hydrogens is 583 g/mol. The number of aliphatic hydroxyl groups is 2. The van der Waals surface area contributed by atoms with E-state index >= 15 is 0 Å². The van der Waals surface area contributed by atoms with Gasteiger partial charge in [0, 0.05) is 29.9 Å². The van der Waals surface area contributed by atoms with Gasteiger partial charge in [0.05, 0.1) is 25.3 Å². The first kappa shape index (κ1) is 33.3. The molecule has 0 amide bonds. The van der Waals surface area contributed by atoms with Crippen molar-refractivity contribution in [3.05, 3.63) is 27.4 Å². The van der Waals surface area contributed by atoms with Crippen LogP contribution in [0.5, 0.6) is 0 Å². The van der Waals surface area contributed by atoms with Crippen molar-refractivity contribution in [1.29, 1.82) is 0 Å². The Bertz CT molecular complexity index is 1090. The van der Waals surface area contributed by atoms with Crippen LogP contribution in [0.1, 0.15) is 40.8 Å². The molecule has 2 unspecified atom stereocenters. The summed E-state index contributed by atoms with van der Waals surface area (Å²) in [6.45, 7) is 6.81. The number of H-pyrrole nitrogens is 1. The molecule has 0 bridgehead atoms. The second-order valence-corrected chi connectivity index (χ2v) is 13.0. The lowest BCUT2D eigenvalue weighted by Gasteiger charge is -2.28. The number of nitrogens with one attached hydrogen (secondary N) is 1. The lowest BCUT2D eigenvalue weighted by molar-refractivity contribution is -0.114. The fraction of sp³-hybridized carbons (Fsp3) is 0.714. The molecule has 13 nitrogen and oxygen atoms in total. The first-order valence-electron chi connectivity index (χ1n) is 11.6. The van der Waals surface area contributed by atoms with Crippen LogP contribution >= 0.6 is 43.8 Å². The summed E-state index contributed by atoms with van der Waals surface area (Å²) in [5.74, 6) is -0.327. The third kappa shape index (κ3) is 9.34. The van der Waals surface area contributed by atoms with E-state index in [0.717, 1.165) is 11.8 Å². The molecule has 0 aromatic carbocycles. The van der Waals surface area contributed by atoms with E-state index < -0.39 is 50.8 Å². The molecule has 3 N–H and O–H groups in total. The standard InChI is InChI=1S/C21H33N2O11PS3/c1-12(2)17(26)37-9-8-30-35(29,32-11-33-38-18(27)13(3)4)31-10-14-16(25)21(5,28)19(34-14)23-7-6-15(24)22-20(23)36/h6-7,12-14,16,19,25,28H,8-11H2,1-5H3,(H,22,24,36)/t14-,16+,19-,21?,35?/m1/s1. The number of hydrogen-bond donors (Lipinski definition) is 3. The molecule has 17 heteroatoms. The van der Waals surface area contributed by atoms with Crippen molar-refractivity contribution in [2.45, 2.75) is 58.7 Å². The minimum atomic E-state index is -4.34. The number of phosphoric acid groups is 1. The summed E-state index contributed by atoms with van der Waals surface area (Å²) in [5, 5.41) is 21.2. The van der Waals surface area contributed by atoms with Crippen LogP contribution in [0.3, 0.4) is 0 Å². The van der Waals surface area contributed by atoms with Crippen LogP contribution in [-0.2, 0) is 36.6 Å². The van der Waals surface area contributed by atoms with Gasteiger partial charge in [0.2, 0.25) is 5.12 Å². The van der Waals surface area contributed by atoms with Crippen molar-refractivity contribution < 1.29 is 46.9 Å². The number of thioether (sulfide) groups is 1. The van der Waals surface area contributed by atoms with Crippen LogP contribution < -0.4 is 5.56 Å². The highest BCUT2D eigenvalue weighted by Crippen LogP contribution is 2.51. The number of aromatic nitrogens is 2. The zero-order valence-electron chi connectivity index (χ0n) is 21.6. The van der Waals surface area contributed by atoms with Crippen LogP contribution in [0, 0.1) is 16.6 Å². The molecule has 1 fully saturated rings. The molecule has 2 heterocycles. The molecule has 1 aromatic heterocycles. The number of phosphoric ester groups is 1. The van der Waals surface area contributed by atoms with Gasteiger partial charge >= 0.3 is 7.82 Å². The molecule has 38 heavy (non-hydrogen) atoms. The average Bonchev–Trinajstić information content (AvgIpc) is 3.06. The predicted molar refractivity (Wildman–Crippen MR) is 143 cm³/mol. The molecule has 2 rings (SSSR count). The Morgan fingerprint density at radius 3 is 2.50 bits per heavy atom. The first-order valence-corrected chi connectivity index (χ1v) is 15.2. The number of carbonyl (C=O) groups is 2. The molecule has 1 aliphatic heterocycles. The maximum atomic E-state index is 13.2. The molecule has 0 saturated carbocycles. The van der Waals surface area contributed by atoms with Crippen molar-refractivity contribution >= 4 is 54.1 Å². The largest absolute Gasteiger partial charge is 0.477 e. The summed E-state index contributed by atoms with van der Waals surface area (Å²) in [7, 11) is -4.34. The maximum absolute atomic E-state index is 13.2. The predicted octanol–water partition coefficient (Wildman–Crippen LogP) is 2.79. The van der Waals surface area contributed by atoms with Gasteiger partial charge in [0.15, 0.2) is 22.9 Å². The minimum absolute atomic E-state index is 0.0482. The highest BCUT2D eigenvalue weighted by molar-refractivity contribution is 8.13. The van der Waals surface area contributed by atoms with E-state index in [1.165, 1.54) is 23.8 Å². The third-order valence-corrected chi connectivity index (χ3v) is 8.85. The van der Waals surface area contributed by atoms with E-state index in [0.29, 0.717) is 12.0 Å². The van der Waals surface area contributed by atoms with Gasteiger partial charge in [-0.1, -0.05) is 39.5 Å². The Labute approximate surface area is 233 Å². The Balaban J connectivity index is 2.07. The monoisotopic (exact) mass is 616 g/mol. The zero-order chi connectivity index (χ0) is 28.7. The van der Waals surface area contributed by atoms with Crippen molar-refractivity contribution in [3.63, 3.8) is 0 Å². The van der Waals surface area contributed by atoms with Gasteiger partial charge in [-0.15, -0.1) is 0 Å². The summed E-state index contributed by atoms with van der Waals surface area (Å²) in [6.07, 6.45) is -2.64. The van der Waals surface area contributed by atoms with Gasteiger partial charge in [0.1, 0.15) is 17.8 Å². The van der Waals surface area contributed by atoms with E-state index in [1.54, 1.807) is 27.7 Å². The highest BCUT2D eigenvalue weighted by atomic mass is 32.2. The lowest BCUT2D eigenvalue weighted by Crippen LogP contribution is -2.44. The number of nitrogens with zero attached hydrogens (tertiary/aromatic N) is 1. The Kier molecular flexibility index (Phi) is 12.8. The second kappa shape index (κ2) is 14.6. The average molecular weight is 617 g/mol. The molecule has 216 valence electrons. The fourth-order valence-corrected chi connectivity index (χ4v) is 5.60. The Hall–Kier alpha value is -0.910. The summed E-state index contributed by atoms with van der Waals surface area (Å²) >= 11 is 6.64. The smallest absolute Gasteiger partial charge is 0.387 e. The Morgan fingerprint density at radius 2 is 1.89 bits per heavy atom. The SMILES string of the molecule is CC(C)C(=O)SCCOP(=O)(OCOSC(=O)C(C)C)OC[C@H]1O[C@@H](n2ccc(=O)[nH]c2=S)C(C)(O)[C@H]1O. The minimum Gasteiger partial charge on any atom is -0.387 e. The summed E-state index contributed by atoms with van der Waals surface area (Å²) in [4.78, 5) is 37.4. The van der Waals surface area contributed by atoms with Gasteiger partial charge < -0.3 is 14.9 Å². The number of ether oxygens (including phenoxy) is 1. The molecule has 1 saturated heterocycles. The topological polar surface area (TPSA) is 176 Å². The van der Waals surface area contributed by atoms with Crippen LogP contribution in [-0.4, -0.2) is 73.6 Å². The van der Waals surface area contributed by atoms with Gasteiger partial charge in [-0.2, -0.15) is 0 Å². The highest BCUT2D eigenvalue weighted by Gasteiger charge is 2.53. The molecule has 1 aliphatic rings. The van der Waals surface area contributed by atoms with Gasteiger partial charge in [-0.3, -0.25) is 41.7 Å². The van der Waals surface area contributed by atoms with Crippen molar-refractivity contribution in [1.82, 2.24) is 9.55 Å². The number of hydrogen-bond acceptors (Lipinski definition) is 14. The van der Waals surface area contributed by atoms with Gasteiger partial charge in [-0.05, 0) is 19.1 Å². The molecule has 0 spiro atoms. The van der Waals surface area contributed by atoms with Gasteiger partial charge in [0.25, 0.3) is 5.56 Å². The number of aliphatic hydroxyl groups excluding tert-OH is 1. The molecule has 0 radical (unpaired) electrons. The molecule has 5 atom stereocenters. The van der Waals surface area contributed by atoms with E-state index in [4.69, 9.17) is 34.7 Å². The van der Waals surface area contributed by atoms with E-state index in [9.17, 15) is 29.2 Å². The Morgan fingerprint density at radius 1 is 1.24 bits per heavy atom. The van der Waals surface area contributed by atoms with E-state index in [1.807, 2.05) is 0 Å². The first-order chi connectivity index (χ1) is 17.7. The summed E-state index contributed by atoms with van der Waals surface area (Å²) in [5.41, 5.74) is -2.33.